The Morgan fingerprint density at radius 3 is 2.54 bits per heavy atom. The van der Waals surface area contributed by atoms with Gasteiger partial charge in [0.2, 0.25) is 0 Å². The summed E-state index contributed by atoms with van der Waals surface area (Å²) in [4.78, 5) is 14.3. The van der Waals surface area contributed by atoms with Crippen LogP contribution >= 0.6 is 0 Å². The maximum atomic E-state index is 12.7. The highest BCUT2D eigenvalue weighted by molar-refractivity contribution is 5.96. The second kappa shape index (κ2) is 6.89. The molecule has 0 aliphatic rings. The van der Waals surface area contributed by atoms with Crippen LogP contribution in [0.5, 0.6) is 0 Å². The van der Waals surface area contributed by atoms with Gasteiger partial charge in [0.05, 0.1) is 12.6 Å². The molecule has 3 aromatic rings. The fourth-order valence-electron chi connectivity index (χ4n) is 2.70. The van der Waals surface area contributed by atoms with E-state index >= 15 is 0 Å². The first kappa shape index (κ1) is 16.3. The van der Waals surface area contributed by atoms with E-state index in [1.807, 2.05) is 62.4 Å². The molecule has 3 rings (SSSR count). The fraction of sp³-hybridized carbons (Fsp3) is 0.250. The predicted molar refractivity (Wildman–Crippen MR) is 93.9 cm³/mol. The summed E-state index contributed by atoms with van der Waals surface area (Å²) in [5, 5.41) is 11.3. The van der Waals surface area contributed by atoms with Gasteiger partial charge in [-0.25, -0.2) is 0 Å². The zero-order chi connectivity index (χ0) is 17.1. The number of aliphatic hydroxyl groups excluding tert-OH is 1. The Balaban J connectivity index is 1.77. The second-order valence-electron chi connectivity index (χ2n) is 5.92. The molecule has 1 heterocycles. The molecule has 1 amide bonds. The summed E-state index contributed by atoms with van der Waals surface area (Å²) in [6, 6.07) is 17.0. The van der Waals surface area contributed by atoms with Gasteiger partial charge in [-0.1, -0.05) is 48.0 Å². The van der Waals surface area contributed by atoms with Gasteiger partial charge in [-0.15, -0.1) is 0 Å². The summed E-state index contributed by atoms with van der Waals surface area (Å²) in [6.45, 7) is 4.62. The number of benzene rings is 2. The Morgan fingerprint density at radius 2 is 1.88 bits per heavy atom. The molecule has 0 saturated carbocycles. The van der Waals surface area contributed by atoms with Crippen LogP contribution in [-0.2, 0) is 0 Å². The number of para-hydroxylation sites is 1. The molecule has 4 heteroatoms. The molecule has 124 valence electrons. The van der Waals surface area contributed by atoms with Crippen molar-refractivity contribution in [2.45, 2.75) is 20.0 Å². The molecule has 1 aromatic heterocycles. The summed E-state index contributed by atoms with van der Waals surface area (Å²) >= 11 is 0. The molecule has 0 spiro atoms. The number of carbonyl (C=O) groups excluding carboxylic acids is 1. The van der Waals surface area contributed by atoms with Gasteiger partial charge >= 0.3 is 0 Å². The van der Waals surface area contributed by atoms with Crippen LogP contribution in [0.15, 0.2) is 59.0 Å². The minimum atomic E-state index is -0.723. The number of rotatable bonds is 5. The van der Waals surface area contributed by atoms with Crippen molar-refractivity contribution in [2.24, 2.45) is 0 Å². The molecule has 1 atom stereocenters. The summed E-state index contributed by atoms with van der Waals surface area (Å²) in [5.74, 6) is 0.0917. The lowest BCUT2D eigenvalue weighted by Crippen LogP contribution is -2.34. The van der Waals surface area contributed by atoms with Crippen LogP contribution in [0, 0.1) is 6.92 Å². The van der Waals surface area contributed by atoms with E-state index in [-0.39, 0.29) is 12.5 Å². The third-order valence-corrected chi connectivity index (χ3v) is 4.16. The molecular formula is C20H21NO3. The topological polar surface area (TPSA) is 53.7 Å². The smallest absolute Gasteiger partial charge is 0.289 e. The minimum absolute atomic E-state index is 0.208. The molecule has 4 nitrogen and oxygen atoms in total. The number of hydrogen-bond donors (Lipinski definition) is 1. The Hall–Kier alpha value is -2.59. The molecule has 0 aliphatic heterocycles. The lowest BCUT2D eigenvalue weighted by atomic mass is 10.1. The van der Waals surface area contributed by atoms with Gasteiger partial charge in [0, 0.05) is 11.9 Å². The highest BCUT2D eigenvalue weighted by Crippen LogP contribution is 2.21. The number of likely N-dealkylation sites (N-methyl/N-ethyl adjacent to an activating group) is 1. The van der Waals surface area contributed by atoms with Crippen LogP contribution in [0.1, 0.15) is 34.7 Å². The molecule has 2 aromatic carbocycles. The van der Waals surface area contributed by atoms with Crippen molar-refractivity contribution < 1.29 is 14.3 Å². The molecular weight excluding hydrogens is 302 g/mol. The maximum Gasteiger partial charge on any atom is 0.289 e. The van der Waals surface area contributed by atoms with Crippen molar-refractivity contribution in [2.75, 3.05) is 13.1 Å². The SMILES string of the molecule is CCN(CC(O)c1ccc(C)cc1)C(=O)c1cc2ccccc2o1. The molecule has 0 fully saturated rings. The largest absolute Gasteiger partial charge is 0.451 e. The standard InChI is InChI=1S/C20H21NO3/c1-3-21(13-17(22)15-10-8-14(2)9-11-15)20(23)19-12-16-6-4-5-7-18(16)24-19/h4-12,17,22H,3,13H2,1-2H3. The maximum absolute atomic E-state index is 12.7. The minimum Gasteiger partial charge on any atom is -0.451 e. The van der Waals surface area contributed by atoms with Crippen molar-refractivity contribution in [1.29, 1.82) is 0 Å². The normalized spacial score (nSPS) is 12.3. The summed E-state index contributed by atoms with van der Waals surface area (Å²) in [5.41, 5.74) is 2.63. The molecule has 24 heavy (non-hydrogen) atoms. The molecule has 0 saturated heterocycles. The van der Waals surface area contributed by atoms with Crippen LogP contribution in [-0.4, -0.2) is 29.0 Å². The summed E-state index contributed by atoms with van der Waals surface area (Å²) in [6.07, 6.45) is -0.723. The Morgan fingerprint density at radius 1 is 1.17 bits per heavy atom. The van der Waals surface area contributed by atoms with Gasteiger partial charge in [-0.3, -0.25) is 4.79 Å². The number of aliphatic hydroxyl groups is 1. The van der Waals surface area contributed by atoms with E-state index in [9.17, 15) is 9.90 Å². The van der Waals surface area contributed by atoms with Gasteiger partial charge in [0.25, 0.3) is 5.91 Å². The fourth-order valence-corrected chi connectivity index (χ4v) is 2.70. The van der Waals surface area contributed by atoms with E-state index in [4.69, 9.17) is 4.42 Å². The number of amides is 1. The van der Waals surface area contributed by atoms with Crippen molar-refractivity contribution in [3.05, 3.63) is 71.5 Å². The van der Waals surface area contributed by atoms with Gasteiger partial charge in [-0.2, -0.15) is 0 Å². The predicted octanol–water partition coefficient (Wildman–Crippen LogP) is 3.94. The van der Waals surface area contributed by atoms with Crippen LogP contribution < -0.4 is 0 Å². The van der Waals surface area contributed by atoms with E-state index in [0.717, 1.165) is 16.5 Å². The molecule has 1 unspecified atom stereocenters. The monoisotopic (exact) mass is 323 g/mol. The van der Waals surface area contributed by atoms with E-state index in [0.29, 0.717) is 17.9 Å². The number of fused-ring (bicyclic) bond motifs is 1. The first-order valence-electron chi connectivity index (χ1n) is 8.11. The number of nitrogens with zero attached hydrogens (tertiary/aromatic N) is 1. The number of carbonyl (C=O) groups is 1. The van der Waals surface area contributed by atoms with Gasteiger partial charge < -0.3 is 14.4 Å². The van der Waals surface area contributed by atoms with Gasteiger partial charge in [-0.05, 0) is 31.5 Å². The van der Waals surface area contributed by atoms with Gasteiger partial charge in [0.15, 0.2) is 5.76 Å². The lowest BCUT2D eigenvalue weighted by molar-refractivity contribution is 0.0608. The van der Waals surface area contributed by atoms with Crippen molar-refractivity contribution in [1.82, 2.24) is 4.90 Å². The lowest BCUT2D eigenvalue weighted by Gasteiger charge is -2.23. The van der Waals surface area contributed by atoms with Crippen LogP contribution in [0.25, 0.3) is 11.0 Å². The zero-order valence-electron chi connectivity index (χ0n) is 13.9. The third kappa shape index (κ3) is 3.34. The van der Waals surface area contributed by atoms with E-state index in [1.165, 1.54) is 0 Å². The van der Waals surface area contributed by atoms with E-state index in [2.05, 4.69) is 0 Å². The summed E-state index contributed by atoms with van der Waals surface area (Å²) < 4.78 is 5.64. The number of aryl methyl sites for hydroxylation is 1. The Bertz CT molecular complexity index is 802. The van der Waals surface area contributed by atoms with E-state index in [1.54, 1.807) is 11.0 Å². The number of hydrogen-bond acceptors (Lipinski definition) is 3. The van der Waals surface area contributed by atoms with E-state index < -0.39 is 6.10 Å². The highest BCUT2D eigenvalue weighted by atomic mass is 16.3. The number of furan rings is 1. The molecule has 1 N–H and O–H groups in total. The highest BCUT2D eigenvalue weighted by Gasteiger charge is 2.21. The third-order valence-electron chi connectivity index (χ3n) is 4.16. The molecule has 0 aliphatic carbocycles. The van der Waals surface area contributed by atoms with Gasteiger partial charge in [0.1, 0.15) is 5.58 Å². The van der Waals surface area contributed by atoms with Crippen LogP contribution in [0.2, 0.25) is 0 Å². The van der Waals surface area contributed by atoms with Crippen molar-refractivity contribution in [3.63, 3.8) is 0 Å². The van der Waals surface area contributed by atoms with Crippen molar-refractivity contribution in [3.8, 4) is 0 Å². The Kier molecular flexibility index (Phi) is 4.67. The van der Waals surface area contributed by atoms with Crippen LogP contribution in [0.4, 0.5) is 0 Å². The molecule has 0 radical (unpaired) electrons. The summed E-state index contributed by atoms with van der Waals surface area (Å²) in [7, 11) is 0. The zero-order valence-corrected chi connectivity index (χ0v) is 13.9. The first-order valence-corrected chi connectivity index (χ1v) is 8.11. The average molecular weight is 323 g/mol. The quantitative estimate of drug-likeness (QED) is 0.774. The first-order chi connectivity index (χ1) is 11.6. The van der Waals surface area contributed by atoms with Crippen LogP contribution in [0.3, 0.4) is 0 Å². The molecule has 0 bridgehead atoms. The second-order valence-corrected chi connectivity index (χ2v) is 5.92. The average Bonchev–Trinajstić information content (AvgIpc) is 3.03. The van der Waals surface area contributed by atoms with Crippen molar-refractivity contribution >= 4 is 16.9 Å². The Labute approximate surface area is 141 Å².